The van der Waals surface area contributed by atoms with Crippen molar-refractivity contribution in [2.24, 2.45) is 5.84 Å². The molecule has 0 aliphatic carbocycles. The van der Waals surface area contributed by atoms with Crippen LogP contribution >= 0.6 is 0 Å². The normalized spacial score (nSPS) is 14.4. The van der Waals surface area contributed by atoms with Gasteiger partial charge >= 0.3 is 5.97 Å². The standard InChI is InChI=1S/C4H10N2O4S/c1-11(9,10)2-3(6-5)4(7)8/h3,6H,2,5H2,1H3,(H,7,8). The molecular weight excluding hydrogens is 172 g/mol. The molecule has 7 heteroatoms. The summed E-state index contributed by atoms with van der Waals surface area (Å²) in [6, 6.07) is -1.23. The Bertz CT molecular complexity index is 234. The maximum atomic E-state index is 10.5. The van der Waals surface area contributed by atoms with Gasteiger partial charge in [0.05, 0.1) is 5.75 Å². The second-order valence-corrected chi connectivity index (χ2v) is 4.33. The van der Waals surface area contributed by atoms with Gasteiger partial charge in [0.1, 0.15) is 15.9 Å². The van der Waals surface area contributed by atoms with Gasteiger partial charge in [-0.3, -0.25) is 10.6 Å². The van der Waals surface area contributed by atoms with Crippen LogP contribution in [0.4, 0.5) is 0 Å². The molecule has 0 heterocycles. The Morgan fingerprint density at radius 2 is 2.18 bits per heavy atom. The van der Waals surface area contributed by atoms with Crippen LogP contribution in [0.3, 0.4) is 0 Å². The molecule has 0 aromatic rings. The molecule has 0 saturated carbocycles. The lowest BCUT2D eigenvalue weighted by Crippen LogP contribution is -2.45. The number of hydrogen-bond acceptors (Lipinski definition) is 5. The van der Waals surface area contributed by atoms with E-state index >= 15 is 0 Å². The van der Waals surface area contributed by atoms with Crippen LogP contribution in [0.15, 0.2) is 0 Å². The van der Waals surface area contributed by atoms with Gasteiger partial charge in [0.25, 0.3) is 0 Å². The molecule has 0 fully saturated rings. The average Bonchev–Trinajstić information content (AvgIpc) is 1.80. The number of carbonyl (C=O) groups is 1. The molecule has 1 atom stereocenters. The predicted molar refractivity (Wildman–Crippen MR) is 38.5 cm³/mol. The van der Waals surface area contributed by atoms with Gasteiger partial charge in [-0.25, -0.2) is 13.8 Å². The van der Waals surface area contributed by atoms with Gasteiger partial charge < -0.3 is 5.11 Å². The van der Waals surface area contributed by atoms with Crippen LogP contribution in [0.5, 0.6) is 0 Å². The third-order valence-electron chi connectivity index (χ3n) is 0.969. The summed E-state index contributed by atoms with van der Waals surface area (Å²) in [7, 11) is -3.30. The molecule has 0 aliphatic rings. The molecule has 11 heavy (non-hydrogen) atoms. The minimum Gasteiger partial charge on any atom is -0.480 e. The van der Waals surface area contributed by atoms with Gasteiger partial charge in [-0.05, 0) is 0 Å². The van der Waals surface area contributed by atoms with E-state index in [4.69, 9.17) is 10.9 Å². The number of hydrogen-bond donors (Lipinski definition) is 3. The third-order valence-corrected chi connectivity index (χ3v) is 1.91. The van der Waals surface area contributed by atoms with Crippen LogP contribution in [0.1, 0.15) is 0 Å². The second kappa shape index (κ2) is 3.65. The molecule has 0 rings (SSSR count). The monoisotopic (exact) mass is 182 g/mol. The second-order valence-electron chi connectivity index (χ2n) is 2.15. The zero-order valence-electron chi connectivity index (χ0n) is 5.94. The lowest BCUT2D eigenvalue weighted by atomic mass is 10.4. The SMILES string of the molecule is CS(=O)(=O)CC(NN)C(=O)O. The Morgan fingerprint density at radius 3 is 2.27 bits per heavy atom. The zero-order valence-corrected chi connectivity index (χ0v) is 6.76. The molecule has 0 spiro atoms. The van der Waals surface area contributed by atoms with E-state index in [2.05, 4.69) is 0 Å². The van der Waals surface area contributed by atoms with Crippen LogP contribution in [-0.4, -0.2) is 37.5 Å². The van der Waals surface area contributed by atoms with E-state index in [-0.39, 0.29) is 0 Å². The average molecular weight is 182 g/mol. The molecule has 0 radical (unpaired) electrons. The van der Waals surface area contributed by atoms with E-state index in [1.165, 1.54) is 0 Å². The number of nitrogens with one attached hydrogen (secondary N) is 1. The summed E-state index contributed by atoms with van der Waals surface area (Å²) in [4.78, 5) is 10.2. The molecule has 0 aromatic carbocycles. The van der Waals surface area contributed by atoms with Crippen LogP contribution < -0.4 is 11.3 Å². The van der Waals surface area contributed by atoms with Gasteiger partial charge in [-0.2, -0.15) is 0 Å². The highest BCUT2D eigenvalue weighted by Crippen LogP contribution is 1.89. The molecule has 0 aliphatic heterocycles. The Labute approximate surface area is 64.3 Å². The molecule has 0 bridgehead atoms. The lowest BCUT2D eigenvalue weighted by Gasteiger charge is -2.07. The highest BCUT2D eigenvalue weighted by atomic mass is 32.2. The first-order chi connectivity index (χ1) is 4.87. The summed E-state index contributed by atoms with van der Waals surface area (Å²) in [5, 5.41) is 8.33. The van der Waals surface area contributed by atoms with Crippen LogP contribution in [0.2, 0.25) is 0 Å². The maximum Gasteiger partial charge on any atom is 0.323 e. The van der Waals surface area contributed by atoms with E-state index in [0.29, 0.717) is 0 Å². The van der Waals surface area contributed by atoms with Crippen molar-refractivity contribution in [2.45, 2.75) is 6.04 Å². The molecule has 0 amide bonds. The number of aliphatic carboxylic acids is 1. The van der Waals surface area contributed by atoms with Crippen LogP contribution in [-0.2, 0) is 14.6 Å². The van der Waals surface area contributed by atoms with Crippen LogP contribution in [0, 0.1) is 0 Å². The summed E-state index contributed by atoms with van der Waals surface area (Å²) in [6.07, 6.45) is 0.945. The number of hydrazine groups is 1. The van der Waals surface area contributed by atoms with E-state index in [9.17, 15) is 13.2 Å². The molecule has 0 saturated heterocycles. The smallest absolute Gasteiger partial charge is 0.323 e. The van der Waals surface area contributed by atoms with Crippen molar-refractivity contribution in [1.82, 2.24) is 5.43 Å². The molecule has 4 N–H and O–H groups in total. The molecule has 0 aromatic heterocycles. The van der Waals surface area contributed by atoms with E-state index < -0.39 is 27.6 Å². The maximum absolute atomic E-state index is 10.5. The van der Waals surface area contributed by atoms with Gasteiger partial charge in [0.2, 0.25) is 0 Å². The van der Waals surface area contributed by atoms with Crippen molar-refractivity contribution < 1.29 is 18.3 Å². The van der Waals surface area contributed by atoms with E-state index in [0.717, 1.165) is 6.26 Å². The first-order valence-electron chi connectivity index (χ1n) is 2.73. The predicted octanol–water partition coefficient (Wildman–Crippen LogP) is -2.05. The van der Waals surface area contributed by atoms with Gasteiger partial charge in [0, 0.05) is 6.26 Å². The molecule has 66 valence electrons. The highest BCUT2D eigenvalue weighted by Gasteiger charge is 2.20. The summed E-state index contributed by atoms with van der Waals surface area (Å²) >= 11 is 0. The fourth-order valence-corrected chi connectivity index (χ4v) is 1.34. The summed E-state index contributed by atoms with van der Waals surface area (Å²) in [5.74, 6) is 3.00. The third kappa shape index (κ3) is 4.71. The number of carboxylic acids is 1. The van der Waals surface area contributed by atoms with Crippen LogP contribution in [0.25, 0.3) is 0 Å². The fraction of sp³-hybridized carbons (Fsp3) is 0.750. The Kier molecular flexibility index (Phi) is 3.43. The van der Waals surface area contributed by atoms with Crippen molar-refractivity contribution in [3.8, 4) is 0 Å². The van der Waals surface area contributed by atoms with Gasteiger partial charge in [0.15, 0.2) is 0 Å². The first-order valence-corrected chi connectivity index (χ1v) is 4.79. The molecular formula is C4H10N2O4S. The van der Waals surface area contributed by atoms with Crippen molar-refractivity contribution in [3.05, 3.63) is 0 Å². The molecule has 1 unspecified atom stereocenters. The van der Waals surface area contributed by atoms with E-state index in [1.54, 1.807) is 0 Å². The van der Waals surface area contributed by atoms with E-state index in [1.807, 2.05) is 5.43 Å². The van der Waals surface area contributed by atoms with Crippen molar-refractivity contribution in [3.63, 3.8) is 0 Å². The number of sulfone groups is 1. The summed E-state index contributed by atoms with van der Waals surface area (Å²) in [5.41, 5.74) is 1.88. The Balaban J connectivity index is 4.22. The summed E-state index contributed by atoms with van der Waals surface area (Å²) < 4.78 is 21.1. The first kappa shape index (κ1) is 10.3. The van der Waals surface area contributed by atoms with Crippen molar-refractivity contribution in [2.75, 3.05) is 12.0 Å². The van der Waals surface area contributed by atoms with Gasteiger partial charge in [-0.15, -0.1) is 0 Å². The lowest BCUT2D eigenvalue weighted by molar-refractivity contribution is -0.138. The van der Waals surface area contributed by atoms with Crippen molar-refractivity contribution in [1.29, 1.82) is 0 Å². The highest BCUT2D eigenvalue weighted by molar-refractivity contribution is 7.90. The van der Waals surface area contributed by atoms with Crippen molar-refractivity contribution >= 4 is 15.8 Å². The fourth-order valence-electron chi connectivity index (χ4n) is 0.493. The summed E-state index contributed by atoms with van der Waals surface area (Å²) in [6.45, 7) is 0. The zero-order chi connectivity index (χ0) is 9.07. The minimum atomic E-state index is -3.30. The topological polar surface area (TPSA) is 109 Å². The molecule has 6 nitrogen and oxygen atoms in total. The minimum absolute atomic E-state index is 0.501. The van der Waals surface area contributed by atoms with Gasteiger partial charge in [-0.1, -0.05) is 0 Å². The number of rotatable bonds is 4. The number of nitrogens with two attached hydrogens (primary N) is 1. The quantitative estimate of drug-likeness (QED) is 0.341. The Morgan fingerprint density at radius 1 is 1.73 bits per heavy atom. The number of carboxylic acid groups (broad SMARTS) is 1. The Hall–Kier alpha value is -0.660. The largest absolute Gasteiger partial charge is 0.480 e.